The quantitative estimate of drug-likeness (QED) is 0.746. The first kappa shape index (κ1) is 21.0. The number of carbonyl (C=O) groups excluding carboxylic acids is 1. The molecule has 0 bridgehead atoms. The molecule has 0 radical (unpaired) electrons. The molecule has 0 saturated carbocycles. The lowest BCUT2D eigenvalue weighted by atomic mass is 9.97. The van der Waals surface area contributed by atoms with E-state index in [9.17, 15) is 4.79 Å². The van der Waals surface area contributed by atoms with Crippen molar-refractivity contribution in [1.29, 1.82) is 0 Å². The van der Waals surface area contributed by atoms with Gasteiger partial charge in [-0.05, 0) is 23.5 Å². The van der Waals surface area contributed by atoms with Gasteiger partial charge < -0.3 is 14.8 Å². The van der Waals surface area contributed by atoms with Gasteiger partial charge in [-0.15, -0.1) is 0 Å². The molecular formula is C23H34N2O3. The van der Waals surface area contributed by atoms with Gasteiger partial charge in [-0.25, -0.2) is 0 Å². The highest BCUT2D eigenvalue weighted by atomic mass is 16.5. The van der Waals surface area contributed by atoms with Crippen molar-refractivity contribution >= 4 is 12.0 Å². The Bertz CT molecular complexity index is 630. The van der Waals surface area contributed by atoms with Crippen LogP contribution >= 0.6 is 0 Å². The van der Waals surface area contributed by atoms with E-state index in [-0.39, 0.29) is 5.91 Å². The van der Waals surface area contributed by atoms with Crippen molar-refractivity contribution < 1.29 is 14.3 Å². The van der Waals surface area contributed by atoms with Gasteiger partial charge in [-0.3, -0.25) is 9.69 Å². The highest BCUT2D eigenvalue weighted by Gasteiger charge is 2.31. The molecule has 1 aromatic rings. The van der Waals surface area contributed by atoms with E-state index < -0.39 is 0 Å². The van der Waals surface area contributed by atoms with Gasteiger partial charge in [0.1, 0.15) is 0 Å². The van der Waals surface area contributed by atoms with Gasteiger partial charge in [0.25, 0.3) is 0 Å². The zero-order valence-corrected chi connectivity index (χ0v) is 17.2. The lowest BCUT2D eigenvalue weighted by Gasteiger charge is -2.37. The Morgan fingerprint density at radius 3 is 2.57 bits per heavy atom. The smallest absolute Gasteiger partial charge is 0.223 e. The number of hydrogen-bond donors (Lipinski definition) is 1. The second-order valence-corrected chi connectivity index (χ2v) is 8.07. The minimum Gasteiger partial charge on any atom is -0.381 e. The van der Waals surface area contributed by atoms with E-state index in [0.717, 1.165) is 51.5 Å². The van der Waals surface area contributed by atoms with Crippen LogP contribution in [0.15, 0.2) is 30.3 Å². The minimum atomic E-state index is 0.0761. The molecule has 0 aromatic heterocycles. The number of rotatable bonds is 8. The third-order valence-corrected chi connectivity index (χ3v) is 5.75. The fraction of sp³-hybridized carbons (Fsp3) is 0.609. The van der Waals surface area contributed by atoms with Crippen LogP contribution in [-0.4, -0.2) is 62.9 Å². The van der Waals surface area contributed by atoms with E-state index in [0.29, 0.717) is 30.8 Å². The molecule has 2 atom stereocenters. The van der Waals surface area contributed by atoms with Crippen LogP contribution < -0.4 is 5.32 Å². The van der Waals surface area contributed by atoms with Gasteiger partial charge >= 0.3 is 0 Å². The summed E-state index contributed by atoms with van der Waals surface area (Å²) in [4.78, 5) is 14.8. The Labute approximate surface area is 169 Å². The van der Waals surface area contributed by atoms with Gasteiger partial charge in [-0.1, -0.05) is 50.3 Å². The summed E-state index contributed by atoms with van der Waals surface area (Å²) in [6.45, 7) is 10.1. The summed E-state index contributed by atoms with van der Waals surface area (Å²) in [7, 11) is 0. The van der Waals surface area contributed by atoms with Crippen LogP contribution in [0, 0.1) is 5.92 Å². The number of nitrogens with zero attached hydrogens (tertiary/aromatic N) is 1. The first-order valence-electron chi connectivity index (χ1n) is 10.6. The second kappa shape index (κ2) is 10.7. The average Bonchev–Trinajstić information content (AvgIpc) is 3.24. The zero-order chi connectivity index (χ0) is 19.8. The maximum absolute atomic E-state index is 12.3. The summed E-state index contributed by atoms with van der Waals surface area (Å²) in [5.41, 5.74) is 2.46. The molecule has 3 rings (SSSR count). The van der Waals surface area contributed by atoms with E-state index >= 15 is 0 Å². The number of carbonyl (C=O) groups is 1. The third-order valence-electron chi connectivity index (χ3n) is 5.75. The van der Waals surface area contributed by atoms with Crippen molar-refractivity contribution in [2.45, 2.75) is 38.6 Å². The van der Waals surface area contributed by atoms with Crippen molar-refractivity contribution in [3.05, 3.63) is 41.5 Å². The Morgan fingerprint density at radius 1 is 1.18 bits per heavy atom. The molecule has 5 nitrogen and oxygen atoms in total. The van der Waals surface area contributed by atoms with E-state index in [4.69, 9.17) is 9.47 Å². The van der Waals surface area contributed by atoms with Crippen LogP contribution in [0.5, 0.6) is 0 Å². The summed E-state index contributed by atoms with van der Waals surface area (Å²) >= 11 is 0. The fourth-order valence-electron chi connectivity index (χ4n) is 3.94. The highest BCUT2D eigenvalue weighted by Crippen LogP contribution is 2.22. The first-order valence-corrected chi connectivity index (χ1v) is 10.6. The molecule has 0 aliphatic carbocycles. The summed E-state index contributed by atoms with van der Waals surface area (Å²) in [5.74, 6) is 1.11. The molecule has 2 aliphatic rings. The molecule has 28 heavy (non-hydrogen) atoms. The van der Waals surface area contributed by atoms with Crippen LogP contribution in [0.2, 0.25) is 0 Å². The molecule has 5 heteroatoms. The van der Waals surface area contributed by atoms with Crippen LogP contribution in [0.4, 0.5) is 0 Å². The molecule has 2 saturated heterocycles. The largest absolute Gasteiger partial charge is 0.381 e. The van der Waals surface area contributed by atoms with E-state index in [2.05, 4.69) is 48.3 Å². The molecule has 1 amide bonds. The second-order valence-electron chi connectivity index (χ2n) is 8.07. The molecule has 2 aliphatic heterocycles. The van der Waals surface area contributed by atoms with E-state index in [1.807, 2.05) is 12.2 Å². The van der Waals surface area contributed by atoms with Crippen LogP contribution in [0.25, 0.3) is 6.08 Å². The third kappa shape index (κ3) is 6.16. The number of amides is 1. The standard InChI is InChI=1S/C23H34N2O3/c1-18(2)20-8-6-19(7-9-20)4-3-5-23(26)24-16-22(21-10-13-28-17-21)25-11-14-27-15-12-25/h3-4,6-9,18,21-22H,5,10-17H2,1-2H3,(H,24,26)/b4-3+. The Morgan fingerprint density at radius 2 is 1.93 bits per heavy atom. The lowest BCUT2D eigenvalue weighted by Crippen LogP contribution is -2.52. The van der Waals surface area contributed by atoms with Crippen molar-refractivity contribution in [3.63, 3.8) is 0 Å². The number of ether oxygens (including phenoxy) is 2. The highest BCUT2D eigenvalue weighted by molar-refractivity contribution is 5.78. The Kier molecular flexibility index (Phi) is 8.07. The predicted molar refractivity (Wildman–Crippen MR) is 112 cm³/mol. The van der Waals surface area contributed by atoms with Gasteiger partial charge in [0.05, 0.1) is 19.8 Å². The number of morpholine rings is 1. The number of benzene rings is 1. The molecule has 1 aromatic carbocycles. The topological polar surface area (TPSA) is 50.8 Å². The van der Waals surface area contributed by atoms with Gasteiger partial charge in [0.2, 0.25) is 5.91 Å². The SMILES string of the molecule is CC(C)c1ccc(/C=C/CC(=O)NCC(C2CCOC2)N2CCOCC2)cc1. The summed E-state index contributed by atoms with van der Waals surface area (Å²) in [5, 5.41) is 3.14. The van der Waals surface area contributed by atoms with E-state index in [1.165, 1.54) is 5.56 Å². The zero-order valence-electron chi connectivity index (χ0n) is 17.2. The maximum atomic E-state index is 12.3. The molecule has 2 heterocycles. The molecule has 2 fully saturated rings. The summed E-state index contributed by atoms with van der Waals surface area (Å²) in [6, 6.07) is 8.86. The van der Waals surface area contributed by atoms with Crippen LogP contribution in [-0.2, 0) is 14.3 Å². The summed E-state index contributed by atoms with van der Waals surface area (Å²) < 4.78 is 11.1. The Balaban J connectivity index is 1.47. The fourth-order valence-corrected chi connectivity index (χ4v) is 3.94. The van der Waals surface area contributed by atoms with Crippen LogP contribution in [0.3, 0.4) is 0 Å². The molecule has 154 valence electrons. The maximum Gasteiger partial charge on any atom is 0.223 e. The molecule has 1 N–H and O–H groups in total. The monoisotopic (exact) mass is 386 g/mol. The lowest BCUT2D eigenvalue weighted by molar-refractivity contribution is -0.120. The predicted octanol–water partition coefficient (Wildman–Crippen LogP) is 3.07. The normalized spacial score (nSPS) is 22.0. The van der Waals surface area contributed by atoms with Crippen molar-refractivity contribution in [3.8, 4) is 0 Å². The van der Waals surface area contributed by atoms with Gasteiger partial charge in [0.15, 0.2) is 0 Å². The molecule has 2 unspecified atom stereocenters. The van der Waals surface area contributed by atoms with Crippen molar-refractivity contribution in [2.24, 2.45) is 5.92 Å². The Hall–Kier alpha value is -1.69. The minimum absolute atomic E-state index is 0.0761. The summed E-state index contributed by atoms with van der Waals surface area (Å²) in [6.07, 6.45) is 5.45. The van der Waals surface area contributed by atoms with E-state index in [1.54, 1.807) is 0 Å². The van der Waals surface area contributed by atoms with Crippen molar-refractivity contribution in [1.82, 2.24) is 10.2 Å². The van der Waals surface area contributed by atoms with Crippen molar-refractivity contribution in [2.75, 3.05) is 46.1 Å². The first-order chi connectivity index (χ1) is 13.6. The van der Waals surface area contributed by atoms with Gasteiger partial charge in [0, 0.05) is 44.6 Å². The average molecular weight is 387 g/mol. The molecule has 0 spiro atoms. The number of hydrogen-bond acceptors (Lipinski definition) is 4. The van der Waals surface area contributed by atoms with Crippen LogP contribution in [0.1, 0.15) is 43.7 Å². The molecular weight excluding hydrogens is 352 g/mol. The number of nitrogens with one attached hydrogen (secondary N) is 1. The van der Waals surface area contributed by atoms with Gasteiger partial charge in [-0.2, -0.15) is 0 Å².